The van der Waals surface area contributed by atoms with E-state index in [9.17, 15) is 9.90 Å². The molecule has 0 aromatic heterocycles. The highest BCUT2D eigenvalue weighted by atomic mass is 16.5. The molecule has 0 amide bonds. The molecule has 1 aromatic rings. The van der Waals surface area contributed by atoms with Crippen LogP contribution in [0.25, 0.3) is 0 Å². The van der Waals surface area contributed by atoms with Gasteiger partial charge in [-0.1, -0.05) is 0 Å². The third-order valence-electron chi connectivity index (χ3n) is 3.29. The number of aliphatic hydroxyl groups excluding tert-OH is 1. The third-order valence-corrected chi connectivity index (χ3v) is 3.29. The first kappa shape index (κ1) is 15.8. The maximum absolute atomic E-state index is 11.3. The van der Waals surface area contributed by atoms with Crippen molar-refractivity contribution in [3.63, 3.8) is 0 Å². The Morgan fingerprint density at radius 3 is 2.62 bits per heavy atom. The van der Waals surface area contributed by atoms with Crippen LogP contribution in [0, 0.1) is 0 Å². The lowest BCUT2D eigenvalue weighted by Gasteiger charge is -2.28. The van der Waals surface area contributed by atoms with Gasteiger partial charge in [-0.2, -0.15) is 0 Å². The molecule has 116 valence electrons. The number of benzene rings is 1. The van der Waals surface area contributed by atoms with Gasteiger partial charge in [0.15, 0.2) is 0 Å². The second-order valence-electron chi connectivity index (χ2n) is 4.89. The molecule has 1 fully saturated rings. The van der Waals surface area contributed by atoms with Crippen molar-refractivity contribution in [2.75, 3.05) is 46.6 Å². The minimum atomic E-state index is -0.552. The SMILES string of the molecule is COC(=O)c1ccc(OCC(O)CN2CCOCC2)cc1. The molecule has 1 aliphatic rings. The highest BCUT2D eigenvalue weighted by Crippen LogP contribution is 2.13. The zero-order valence-corrected chi connectivity index (χ0v) is 12.2. The normalized spacial score (nSPS) is 17.2. The Morgan fingerprint density at radius 2 is 2.00 bits per heavy atom. The molecule has 0 radical (unpaired) electrons. The van der Waals surface area contributed by atoms with Crippen molar-refractivity contribution in [2.24, 2.45) is 0 Å². The van der Waals surface area contributed by atoms with Gasteiger partial charge in [0.25, 0.3) is 0 Å². The average Bonchev–Trinajstić information content (AvgIpc) is 2.53. The number of ether oxygens (including phenoxy) is 3. The van der Waals surface area contributed by atoms with Crippen LogP contribution in [0.4, 0.5) is 0 Å². The van der Waals surface area contributed by atoms with Gasteiger partial charge in [0.05, 0.1) is 25.9 Å². The lowest BCUT2D eigenvalue weighted by Crippen LogP contribution is -2.42. The summed E-state index contributed by atoms with van der Waals surface area (Å²) in [6, 6.07) is 6.65. The van der Waals surface area contributed by atoms with E-state index in [4.69, 9.17) is 9.47 Å². The molecule has 0 bridgehead atoms. The molecule has 6 nitrogen and oxygen atoms in total. The van der Waals surface area contributed by atoms with Crippen LogP contribution in [-0.2, 0) is 9.47 Å². The maximum Gasteiger partial charge on any atom is 0.337 e. The third kappa shape index (κ3) is 5.00. The summed E-state index contributed by atoms with van der Waals surface area (Å²) >= 11 is 0. The molecule has 0 spiro atoms. The van der Waals surface area contributed by atoms with Gasteiger partial charge >= 0.3 is 5.97 Å². The van der Waals surface area contributed by atoms with Crippen LogP contribution < -0.4 is 4.74 Å². The van der Waals surface area contributed by atoms with Gasteiger partial charge in [-0.25, -0.2) is 4.79 Å². The summed E-state index contributed by atoms with van der Waals surface area (Å²) in [6.07, 6.45) is -0.552. The summed E-state index contributed by atoms with van der Waals surface area (Å²) in [5.74, 6) is 0.234. The minimum Gasteiger partial charge on any atom is -0.491 e. The number of nitrogens with zero attached hydrogens (tertiary/aromatic N) is 1. The zero-order chi connectivity index (χ0) is 15.1. The number of hydrogen-bond acceptors (Lipinski definition) is 6. The molecule has 1 aliphatic heterocycles. The Morgan fingerprint density at radius 1 is 1.33 bits per heavy atom. The maximum atomic E-state index is 11.3. The van der Waals surface area contributed by atoms with E-state index in [1.807, 2.05) is 0 Å². The van der Waals surface area contributed by atoms with Gasteiger partial charge in [0, 0.05) is 19.6 Å². The molecule has 1 aromatic carbocycles. The zero-order valence-electron chi connectivity index (χ0n) is 12.2. The van der Waals surface area contributed by atoms with Crippen molar-refractivity contribution in [2.45, 2.75) is 6.10 Å². The molecule has 6 heteroatoms. The molecule has 21 heavy (non-hydrogen) atoms. The molecule has 1 N–H and O–H groups in total. The Labute approximate surface area is 124 Å². The van der Waals surface area contributed by atoms with Crippen molar-refractivity contribution in [3.05, 3.63) is 29.8 Å². The lowest BCUT2D eigenvalue weighted by atomic mass is 10.2. The fourth-order valence-corrected chi connectivity index (χ4v) is 2.13. The summed E-state index contributed by atoms with van der Waals surface area (Å²) in [4.78, 5) is 13.4. The molecule has 0 aliphatic carbocycles. The molecule has 1 heterocycles. The lowest BCUT2D eigenvalue weighted by molar-refractivity contribution is 0.00464. The summed E-state index contributed by atoms with van der Waals surface area (Å²) in [7, 11) is 1.34. The van der Waals surface area contributed by atoms with Gasteiger partial charge in [-0.3, -0.25) is 4.90 Å². The first-order valence-corrected chi connectivity index (χ1v) is 6.98. The number of hydrogen-bond donors (Lipinski definition) is 1. The van der Waals surface area contributed by atoms with Crippen molar-refractivity contribution in [3.8, 4) is 5.75 Å². The van der Waals surface area contributed by atoms with Crippen molar-refractivity contribution < 1.29 is 24.1 Å². The van der Waals surface area contributed by atoms with E-state index in [0.717, 1.165) is 13.1 Å². The van der Waals surface area contributed by atoms with Crippen LogP contribution in [0.1, 0.15) is 10.4 Å². The smallest absolute Gasteiger partial charge is 0.337 e. The van der Waals surface area contributed by atoms with Gasteiger partial charge in [0.2, 0.25) is 0 Å². The van der Waals surface area contributed by atoms with E-state index in [1.165, 1.54) is 7.11 Å². The first-order valence-electron chi connectivity index (χ1n) is 6.98. The van der Waals surface area contributed by atoms with Crippen LogP contribution in [-0.4, -0.2) is 68.6 Å². The van der Waals surface area contributed by atoms with Gasteiger partial charge in [0.1, 0.15) is 18.5 Å². The van der Waals surface area contributed by atoms with E-state index in [-0.39, 0.29) is 12.6 Å². The Balaban J connectivity index is 1.75. The molecule has 1 unspecified atom stereocenters. The molecular formula is C15H21NO5. The predicted molar refractivity (Wildman–Crippen MR) is 76.5 cm³/mol. The van der Waals surface area contributed by atoms with Gasteiger partial charge < -0.3 is 19.3 Å². The highest BCUT2D eigenvalue weighted by molar-refractivity contribution is 5.89. The number of esters is 1. The van der Waals surface area contributed by atoms with Crippen LogP contribution in [0.3, 0.4) is 0 Å². The molecular weight excluding hydrogens is 274 g/mol. The highest BCUT2D eigenvalue weighted by Gasteiger charge is 2.15. The molecule has 1 saturated heterocycles. The quantitative estimate of drug-likeness (QED) is 0.773. The number of carbonyl (C=O) groups excluding carboxylic acids is 1. The van der Waals surface area contributed by atoms with Crippen molar-refractivity contribution in [1.29, 1.82) is 0 Å². The van der Waals surface area contributed by atoms with Crippen LogP contribution in [0.15, 0.2) is 24.3 Å². The number of carbonyl (C=O) groups is 1. The largest absolute Gasteiger partial charge is 0.491 e. The summed E-state index contributed by atoms with van der Waals surface area (Å²) < 4.78 is 15.4. The number of aliphatic hydroxyl groups is 1. The van der Waals surface area contributed by atoms with Crippen LogP contribution in [0.2, 0.25) is 0 Å². The van der Waals surface area contributed by atoms with E-state index >= 15 is 0 Å². The summed E-state index contributed by atoms with van der Waals surface area (Å²) in [5.41, 5.74) is 0.471. The van der Waals surface area contributed by atoms with Crippen LogP contribution in [0.5, 0.6) is 5.75 Å². The van der Waals surface area contributed by atoms with E-state index in [1.54, 1.807) is 24.3 Å². The van der Waals surface area contributed by atoms with E-state index in [0.29, 0.717) is 31.1 Å². The monoisotopic (exact) mass is 295 g/mol. The average molecular weight is 295 g/mol. The van der Waals surface area contributed by atoms with Crippen molar-refractivity contribution >= 4 is 5.97 Å². The number of rotatable bonds is 6. The molecule has 2 rings (SSSR count). The number of morpholine rings is 1. The van der Waals surface area contributed by atoms with E-state index < -0.39 is 6.10 Å². The standard InChI is InChI=1S/C15H21NO5/c1-19-15(18)12-2-4-14(5-3-12)21-11-13(17)10-16-6-8-20-9-7-16/h2-5,13,17H,6-11H2,1H3. The second-order valence-corrected chi connectivity index (χ2v) is 4.89. The van der Waals surface area contributed by atoms with Gasteiger partial charge in [-0.15, -0.1) is 0 Å². The fourth-order valence-electron chi connectivity index (χ4n) is 2.13. The van der Waals surface area contributed by atoms with Crippen molar-refractivity contribution in [1.82, 2.24) is 4.90 Å². The molecule has 1 atom stereocenters. The second kappa shape index (κ2) is 7.97. The topological polar surface area (TPSA) is 68.2 Å². The summed E-state index contributed by atoms with van der Waals surface area (Å²) in [5, 5.41) is 9.96. The predicted octanol–water partition coefficient (Wildman–Crippen LogP) is 0.545. The summed E-state index contributed by atoms with van der Waals surface area (Å²) in [6.45, 7) is 3.89. The molecule has 0 saturated carbocycles. The van der Waals surface area contributed by atoms with Gasteiger partial charge in [-0.05, 0) is 24.3 Å². The number of methoxy groups -OCH3 is 1. The number of β-amino-alcohol motifs (C(OH)–C–C–N with tert-alkyl or cyclic N) is 1. The Bertz CT molecular complexity index is 442. The Hall–Kier alpha value is -1.63. The fraction of sp³-hybridized carbons (Fsp3) is 0.533. The van der Waals surface area contributed by atoms with Crippen LogP contribution >= 0.6 is 0 Å². The van der Waals surface area contributed by atoms with E-state index in [2.05, 4.69) is 9.64 Å². The minimum absolute atomic E-state index is 0.217. The Kier molecular flexibility index (Phi) is 5.98. The first-order chi connectivity index (χ1) is 10.2.